The van der Waals surface area contributed by atoms with Gasteiger partial charge in [0.25, 0.3) is 11.1 Å². The standard InChI is InChI=1S/C20H19F4N3O.C5H4F3N3O/c1-2-3-4-6-27-7-5-12-8-14(16(21)9-13(12)19(27)28)18-10-15(20(22,23)24)17(25)11-26-18;6-5(7,8)3-2(9)1-10-11-4(3)12/h5,7-11H,2-4,6,25H2,1H3;1H,(H3,9,11,12). The van der Waals surface area contributed by atoms with Crippen molar-refractivity contribution in [1.82, 2.24) is 19.7 Å². The number of aromatic nitrogens is 4. The van der Waals surface area contributed by atoms with Crippen LogP contribution in [0.2, 0.25) is 0 Å². The number of unbranched alkanes of at least 4 members (excludes halogenated alkanes) is 2. The Morgan fingerprint density at radius 3 is 2.23 bits per heavy atom. The zero-order valence-corrected chi connectivity index (χ0v) is 20.8. The summed E-state index contributed by atoms with van der Waals surface area (Å²) in [7, 11) is 0. The van der Waals surface area contributed by atoms with Gasteiger partial charge in [0.15, 0.2) is 0 Å². The lowest BCUT2D eigenvalue weighted by Gasteiger charge is -2.12. The molecule has 0 amide bonds. The molecular weight excluding hydrogens is 549 g/mol. The second-order valence-corrected chi connectivity index (χ2v) is 8.62. The monoisotopic (exact) mass is 572 g/mol. The molecule has 0 spiro atoms. The van der Waals surface area contributed by atoms with E-state index in [1.54, 1.807) is 17.4 Å². The van der Waals surface area contributed by atoms with Crippen molar-refractivity contribution in [2.24, 2.45) is 0 Å². The van der Waals surface area contributed by atoms with Crippen LogP contribution in [-0.2, 0) is 18.9 Å². The molecular formula is C25H23F7N6O2. The summed E-state index contributed by atoms with van der Waals surface area (Å²) in [5.74, 6) is -0.818. The number of benzene rings is 1. The number of nitrogens with two attached hydrogens (primary N) is 2. The molecule has 0 fully saturated rings. The van der Waals surface area contributed by atoms with Crippen LogP contribution in [0.25, 0.3) is 22.0 Å². The Kier molecular flexibility index (Phi) is 8.85. The van der Waals surface area contributed by atoms with Crippen molar-refractivity contribution in [2.45, 2.75) is 45.1 Å². The van der Waals surface area contributed by atoms with E-state index in [1.807, 2.05) is 0 Å². The molecule has 0 aliphatic heterocycles. The van der Waals surface area contributed by atoms with Gasteiger partial charge in [0.1, 0.15) is 11.4 Å². The van der Waals surface area contributed by atoms with Crippen LogP contribution in [0.4, 0.5) is 42.1 Å². The van der Waals surface area contributed by atoms with Crippen LogP contribution in [-0.4, -0.2) is 19.7 Å². The van der Waals surface area contributed by atoms with Gasteiger partial charge >= 0.3 is 12.4 Å². The van der Waals surface area contributed by atoms with E-state index in [0.717, 1.165) is 37.7 Å². The number of anilines is 2. The molecule has 8 nitrogen and oxygen atoms in total. The van der Waals surface area contributed by atoms with Crippen LogP contribution in [0.5, 0.6) is 0 Å². The van der Waals surface area contributed by atoms with E-state index in [1.165, 1.54) is 10.6 Å². The first-order valence-corrected chi connectivity index (χ1v) is 11.7. The van der Waals surface area contributed by atoms with Crippen molar-refractivity contribution in [1.29, 1.82) is 0 Å². The lowest BCUT2D eigenvalue weighted by molar-refractivity contribution is -0.138. The first kappa shape index (κ1) is 30.1. The maximum Gasteiger partial charge on any atom is 0.423 e. The third-order valence-electron chi connectivity index (χ3n) is 5.75. The fourth-order valence-corrected chi connectivity index (χ4v) is 3.77. The van der Waals surface area contributed by atoms with Crippen molar-refractivity contribution < 1.29 is 30.7 Å². The Balaban J connectivity index is 0.000000307. The van der Waals surface area contributed by atoms with Gasteiger partial charge in [0.2, 0.25) is 0 Å². The number of halogens is 7. The van der Waals surface area contributed by atoms with Crippen molar-refractivity contribution in [3.05, 3.63) is 80.5 Å². The second-order valence-electron chi connectivity index (χ2n) is 8.62. The molecule has 0 aliphatic carbocycles. The van der Waals surface area contributed by atoms with Gasteiger partial charge in [-0.1, -0.05) is 19.8 Å². The molecule has 40 heavy (non-hydrogen) atoms. The van der Waals surface area contributed by atoms with Crippen molar-refractivity contribution in [2.75, 3.05) is 11.5 Å². The SMILES string of the molecule is CCCCCn1ccc2cc(-c3cc(C(F)(F)F)c(N)cn3)c(F)cc2c1=O.Nc1cn[nH]c(=O)c1C(F)(F)F. The van der Waals surface area contributed by atoms with E-state index < -0.39 is 46.2 Å². The Hall–Kier alpha value is -4.43. The summed E-state index contributed by atoms with van der Waals surface area (Å²) >= 11 is 0. The number of aryl methyl sites for hydroxylation is 1. The third-order valence-corrected chi connectivity index (χ3v) is 5.75. The number of nitrogens with zero attached hydrogens (tertiary/aromatic N) is 3. The number of alkyl halides is 6. The van der Waals surface area contributed by atoms with E-state index in [-0.39, 0.29) is 22.2 Å². The summed E-state index contributed by atoms with van der Waals surface area (Å²) in [5.41, 5.74) is 4.57. The maximum atomic E-state index is 14.7. The average molecular weight is 572 g/mol. The van der Waals surface area contributed by atoms with Gasteiger partial charge in [-0.15, -0.1) is 0 Å². The molecule has 0 radical (unpaired) electrons. The minimum atomic E-state index is -4.74. The quantitative estimate of drug-likeness (QED) is 0.218. The Morgan fingerprint density at radius 1 is 0.950 bits per heavy atom. The number of H-pyrrole nitrogens is 1. The third kappa shape index (κ3) is 6.76. The fraction of sp³-hybridized carbons (Fsp3) is 0.280. The molecule has 4 aromatic rings. The predicted molar refractivity (Wildman–Crippen MR) is 135 cm³/mol. The summed E-state index contributed by atoms with van der Waals surface area (Å²) in [6.45, 7) is 2.58. The summed E-state index contributed by atoms with van der Waals surface area (Å²) < 4.78 is 91.3. The number of fused-ring (bicyclic) bond motifs is 1. The van der Waals surface area contributed by atoms with E-state index >= 15 is 0 Å². The smallest absolute Gasteiger partial charge is 0.397 e. The van der Waals surface area contributed by atoms with Crippen LogP contribution in [0.1, 0.15) is 37.3 Å². The second kappa shape index (κ2) is 11.8. The zero-order chi connectivity index (χ0) is 29.8. The molecule has 0 atom stereocenters. The van der Waals surface area contributed by atoms with Gasteiger partial charge in [-0.2, -0.15) is 31.4 Å². The van der Waals surface area contributed by atoms with Crippen molar-refractivity contribution in [3.63, 3.8) is 0 Å². The number of hydrogen-bond acceptors (Lipinski definition) is 6. The fourth-order valence-electron chi connectivity index (χ4n) is 3.77. The first-order valence-electron chi connectivity index (χ1n) is 11.7. The molecule has 15 heteroatoms. The Bertz CT molecular complexity index is 1630. The van der Waals surface area contributed by atoms with Crippen LogP contribution in [0.15, 0.2) is 52.4 Å². The number of nitrogen functional groups attached to an aromatic ring is 2. The largest absolute Gasteiger partial charge is 0.423 e. The minimum Gasteiger partial charge on any atom is -0.397 e. The number of pyridine rings is 2. The predicted octanol–water partition coefficient (Wildman–Crippen LogP) is 5.36. The highest BCUT2D eigenvalue weighted by atomic mass is 19.4. The summed E-state index contributed by atoms with van der Waals surface area (Å²) in [6, 6.07) is 4.74. The molecule has 0 aliphatic rings. The molecule has 0 saturated carbocycles. The van der Waals surface area contributed by atoms with Crippen LogP contribution in [0, 0.1) is 5.82 Å². The Morgan fingerprint density at radius 2 is 1.65 bits per heavy atom. The highest BCUT2D eigenvalue weighted by Crippen LogP contribution is 2.36. The van der Waals surface area contributed by atoms with E-state index in [4.69, 9.17) is 11.5 Å². The van der Waals surface area contributed by atoms with Gasteiger partial charge < -0.3 is 16.0 Å². The van der Waals surface area contributed by atoms with E-state index in [0.29, 0.717) is 18.0 Å². The van der Waals surface area contributed by atoms with Crippen LogP contribution in [0.3, 0.4) is 0 Å². The highest BCUT2D eigenvalue weighted by molar-refractivity contribution is 5.86. The van der Waals surface area contributed by atoms with E-state index in [9.17, 15) is 40.3 Å². The topological polar surface area (TPSA) is 133 Å². The van der Waals surface area contributed by atoms with Gasteiger partial charge in [-0.3, -0.25) is 14.6 Å². The number of rotatable bonds is 5. The zero-order valence-electron chi connectivity index (χ0n) is 20.8. The molecule has 0 bridgehead atoms. The van der Waals surface area contributed by atoms with Gasteiger partial charge in [-0.05, 0) is 36.1 Å². The maximum absolute atomic E-state index is 14.7. The summed E-state index contributed by atoms with van der Waals surface area (Å²) in [4.78, 5) is 27.0. The number of aromatic amines is 1. The van der Waals surface area contributed by atoms with Gasteiger partial charge in [0, 0.05) is 18.3 Å². The van der Waals surface area contributed by atoms with Crippen molar-refractivity contribution in [3.8, 4) is 11.3 Å². The van der Waals surface area contributed by atoms with Crippen LogP contribution < -0.4 is 22.6 Å². The molecule has 3 aromatic heterocycles. The lowest BCUT2D eigenvalue weighted by Crippen LogP contribution is -2.24. The first-order chi connectivity index (χ1) is 18.6. The molecule has 1 aromatic carbocycles. The van der Waals surface area contributed by atoms with Crippen LogP contribution >= 0.6 is 0 Å². The molecule has 3 heterocycles. The molecule has 4 rings (SSSR count). The molecule has 214 valence electrons. The molecule has 5 N–H and O–H groups in total. The van der Waals surface area contributed by atoms with E-state index in [2.05, 4.69) is 17.0 Å². The van der Waals surface area contributed by atoms with Crippen molar-refractivity contribution >= 4 is 22.1 Å². The minimum absolute atomic E-state index is 0.124. The van der Waals surface area contributed by atoms with Gasteiger partial charge in [0.05, 0.1) is 40.4 Å². The number of nitrogens with one attached hydrogen (secondary N) is 1. The average Bonchev–Trinajstić information content (AvgIpc) is 2.85. The number of hydrogen-bond donors (Lipinski definition) is 3. The summed E-state index contributed by atoms with van der Waals surface area (Å²) in [6.07, 6.45) is -3.39. The Labute approximate surface area is 221 Å². The molecule has 0 unspecified atom stereocenters. The highest BCUT2D eigenvalue weighted by Gasteiger charge is 2.36. The lowest BCUT2D eigenvalue weighted by atomic mass is 10.0. The molecule has 0 saturated heterocycles. The van der Waals surface area contributed by atoms with Gasteiger partial charge in [-0.25, -0.2) is 9.49 Å². The normalized spacial score (nSPS) is 11.8. The summed E-state index contributed by atoms with van der Waals surface area (Å²) in [5, 5.41) is 5.34.